The first-order valence-electron chi connectivity index (χ1n) is 12.6. The lowest BCUT2D eigenvalue weighted by Gasteiger charge is -2.42. The van der Waals surface area contributed by atoms with Gasteiger partial charge in [0.25, 0.3) is 5.95 Å². The van der Waals surface area contributed by atoms with Gasteiger partial charge in [-0.05, 0) is 84.9 Å². The topological polar surface area (TPSA) is 99.4 Å². The minimum absolute atomic E-state index is 0.0552. The van der Waals surface area contributed by atoms with Crippen LogP contribution in [0.1, 0.15) is 79.0 Å². The average molecular weight is 502 g/mol. The molecule has 0 radical (unpaired) electrons. The van der Waals surface area contributed by atoms with E-state index in [1.54, 1.807) is 22.9 Å². The molecule has 0 spiro atoms. The predicted octanol–water partition coefficient (Wildman–Crippen LogP) is 6.15. The molecule has 0 atom stereocenters. The van der Waals surface area contributed by atoms with E-state index in [1.165, 1.54) is 11.1 Å². The van der Waals surface area contributed by atoms with E-state index in [2.05, 4.69) is 49.9 Å². The number of carbonyl (C=O) groups is 1. The van der Waals surface area contributed by atoms with Crippen molar-refractivity contribution < 1.29 is 13.9 Å². The molecule has 1 aliphatic rings. The molecule has 0 unspecified atom stereocenters. The molecular weight excluding hydrogens is 466 g/mol. The van der Waals surface area contributed by atoms with E-state index in [0.29, 0.717) is 11.5 Å². The van der Waals surface area contributed by atoms with Gasteiger partial charge in [-0.25, -0.2) is 15.8 Å². The van der Waals surface area contributed by atoms with Gasteiger partial charge >= 0.3 is 5.91 Å². The number of amides is 1. The summed E-state index contributed by atoms with van der Waals surface area (Å²) in [6.45, 7) is 15.1. The second-order valence-corrected chi connectivity index (χ2v) is 11.5. The van der Waals surface area contributed by atoms with E-state index in [1.807, 2.05) is 27.8 Å². The highest BCUT2D eigenvalue weighted by Gasteiger charge is 2.37. The monoisotopic (exact) mass is 501 g/mol. The summed E-state index contributed by atoms with van der Waals surface area (Å²) in [5.41, 5.74) is 6.33. The Morgan fingerprint density at radius 3 is 2.35 bits per heavy atom. The maximum atomic E-state index is 13.2. The maximum Gasteiger partial charge on any atom is 0.309 e. The van der Waals surface area contributed by atoms with Crippen molar-refractivity contribution in [2.45, 2.75) is 72.1 Å². The van der Waals surface area contributed by atoms with Gasteiger partial charge in [-0.2, -0.15) is 5.10 Å². The lowest BCUT2D eigenvalue weighted by molar-refractivity contribution is 0.0954. The fraction of sp³-hybridized carbons (Fsp3) is 0.414. The molecule has 1 amide bonds. The summed E-state index contributed by atoms with van der Waals surface area (Å²) in [5, 5.41) is 6.37. The molecule has 0 aliphatic heterocycles. The second-order valence-electron chi connectivity index (χ2n) is 11.5. The van der Waals surface area contributed by atoms with E-state index in [4.69, 9.17) is 15.0 Å². The van der Waals surface area contributed by atoms with Gasteiger partial charge in [0.1, 0.15) is 5.75 Å². The Bertz CT molecular complexity index is 1540. The molecular formula is C29H35N5O3. The van der Waals surface area contributed by atoms with Crippen molar-refractivity contribution in [3.8, 4) is 11.7 Å². The molecule has 2 N–H and O–H groups in total. The number of furan rings is 1. The number of anilines is 1. The van der Waals surface area contributed by atoms with Crippen LogP contribution in [-0.2, 0) is 17.9 Å². The summed E-state index contributed by atoms with van der Waals surface area (Å²) < 4.78 is 13.6. The zero-order chi connectivity index (χ0) is 26.9. The largest absolute Gasteiger partial charge is 0.426 e. The number of pyridine rings is 1. The number of hydrogen-bond donors (Lipinski definition) is 1. The highest BCUT2D eigenvalue weighted by Crippen LogP contribution is 2.48. The number of ether oxygens (including phenoxy) is 1. The van der Waals surface area contributed by atoms with Crippen molar-refractivity contribution in [3.05, 3.63) is 64.0 Å². The summed E-state index contributed by atoms with van der Waals surface area (Å²) >= 11 is 0. The second kappa shape index (κ2) is 8.45. The molecule has 3 aromatic heterocycles. The third-order valence-electron chi connectivity index (χ3n) is 7.77. The van der Waals surface area contributed by atoms with Gasteiger partial charge in [0, 0.05) is 18.5 Å². The number of rotatable bonds is 4. The fourth-order valence-corrected chi connectivity index (χ4v) is 5.40. The van der Waals surface area contributed by atoms with E-state index in [9.17, 15) is 4.79 Å². The highest BCUT2D eigenvalue weighted by atomic mass is 16.6. The number of nitrogens with zero attached hydrogens (tertiary/aromatic N) is 4. The molecule has 0 bridgehead atoms. The van der Waals surface area contributed by atoms with Gasteiger partial charge in [-0.1, -0.05) is 33.8 Å². The molecule has 0 saturated carbocycles. The Balaban J connectivity index is 1.41. The molecule has 8 heteroatoms. The van der Waals surface area contributed by atoms with Crippen LogP contribution >= 0.6 is 0 Å². The molecule has 0 saturated heterocycles. The fourth-order valence-electron chi connectivity index (χ4n) is 5.40. The van der Waals surface area contributed by atoms with Crippen LogP contribution < -0.4 is 15.6 Å². The Morgan fingerprint density at radius 1 is 1.03 bits per heavy atom. The normalized spacial score (nSPS) is 16.0. The smallest absolute Gasteiger partial charge is 0.309 e. The van der Waals surface area contributed by atoms with Crippen LogP contribution in [-0.4, -0.2) is 20.7 Å². The lowest BCUT2D eigenvalue weighted by atomic mass is 9.63. The third kappa shape index (κ3) is 4.19. The predicted molar refractivity (Wildman–Crippen MR) is 144 cm³/mol. The molecule has 4 aromatic rings. The zero-order valence-corrected chi connectivity index (χ0v) is 22.9. The van der Waals surface area contributed by atoms with Gasteiger partial charge in [0.15, 0.2) is 17.2 Å². The van der Waals surface area contributed by atoms with E-state index in [0.717, 1.165) is 45.8 Å². The van der Waals surface area contributed by atoms with Crippen molar-refractivity contribution in [3.63, 3.8) is 0 Å². The van der Waals surface area contributed by atoms with Crippen LogP contribution in [0.15, 0.2) is 34.7 Å². The minimum Gasteiger partial charge on any atom is -0.426 e. The third-order valence-corrected chi connectivity index (χ3v) is 7.77. The van der Waals surface area contributed by atoms with Crippen LogP contribution in [0.2, 0.25) is 0 Å². The SMILES string of the molecule is Cc1cc2c(cc1Oc1ccc(C(=O)N(N)c3cc(C)c4c(C)nn(C)c4n3)o1)C(C)(C)CCC2(C)C. The number of aryl methyl sites for hydroxylation is 4. The summed E-state index contributed by atoms with van der Waals surface area (Å²) in [7, 11) is 1.81. The molecule has 8 nitrogen and oxygen atoms in total. The molecule has 1 aromatic carbocycles. The molecule has 3 heterocycles. The number of fused-ring (bicyclic) bond motifs is 2. The number of hydrazine groups is 1. The van der Waals surface area contributed by atoms with Crippen molar-refractivity contribution in [1.82, 2.24) is 14.8 Å². The number of nitrogens with two attached hydrogens (primary N) is 1. The first-order chi connectivity index (χ1) is 17.3. The van der Waals surface area contributed by atoms with Crippen molar-refractivity contribution in [2.75, 3.05) is 5.01 Å². The van der Waals surface area contributed by atoms with Crippen LogP contribution in [0, 0.1) is 20.8 Å². The summed E-state index contributed by atoms with van der Waals surface area (Å²) in [5.74, 6) is 7.00. The first-order valence-corrected chi connectivity index (χ1v) is 12.6. The Labute approximate surface area is 217 Å². The Hall–Kier alpha value is -3.65. The average Bonchev–Trinajstić information content (AvgIpc) is 3.41. The van der Waals surface area contributed by atoms with Crippen molar-refractivity contribution >= 4 is 22.8 Å². The molecule has 194 valence electrons. The van der Waals surface area contributed by atoms with Crippen LogP contribution in [0.25, 0.3) is 11.0 Å². The van der Waals surface area contributed by atoms with Crippen molar-refractivity contribution in [2.24, 2.45) is 12.9 Å². The van der Waals surface area contributed by atoms with Crippen LogP contribution in [0.4, 0.5) is 5.82 Å². The van der Waals surface area contributed by atoms with Gasteiger partial charge in [-0.3, -0.25) is 9.48 Å². The number of carbonyl (C=O) groups excluding carboxylic acids is 1. The van der Waals surface area contributed by atoms with E-state index in [-0.39, 0.29) is 22.5 Å². The number of hydrogen-bond acceptors (Lipinski definition) is 6. The zero-order valence-electron chi connectivity index (χ0n) is 22.9. The Morgan fingerprint density at radius 2 is 1.68 bits per heavy atom. The van der Waals surface area contributed by atoms with Gasteiger partial charge < -0.3 is 9.15 Å². The molecule has 0 fully saturated rings. The van der Waals surface area contributed by atoms with E-state index < -0.39 is 5.91 Å². The lowest BCUT2D eigenvalue weighted by Crippen LogP contribution is -2.38. The first kappa shape index (κ1) is 25.0. The number of aromatic nitrogens is 3. The van der Waals surface area contributed by atoms with Gasteiger partial charge in [-0.15, -0.1) is 0 Å². The highest BCUT2D eigenvalue weighted by molar-refractivity contribution is 6.03. The van der Waals surface area contributed by atoms with Crippen LogP contribution in [0.5, 0.6) is 11.7 Å². The standard InChI is InChI=1S/C29H35N5O3/c1-16-13-19-20(29(6,7)12-11-28(19,4)5)15-22(16)37-24-10-9-21(36-24)27(35)34(30)23-14-17(2)25-18(3)32-33(8)26(25)31-23/h9-10,13-15H,11-12,30H2,1-8H3. The quantitative estimate of drug-likeness (QED) is 0.205. The summed E-state index contributed by atoms with van der Waals surface area (Å²) in [6, 6.07) is 9.34. The van der Waals surface area contributed by atoms with Crippen LogP contribution in [0.3, 0.4) is 0 Å². The molecule has 1 aliphatic carbocycles. The number of benzene rings is 1. The van der Waals surface area contributed by atoms with Gasteiger partial charge in [0.05, 0.1) is 5.69 Å². The summed E-state index contributed by atoms with van der Waals surface area (Å²) in [4.78, 5) is 17.7. The summed E-state index contributed by atoms with van der Waals surface area (Å²) in [6.07, 6.45) is 2.26. The minimum atomic E-state index is -0.523. The molecule has 37 heavy (non-hydrogen) atoms. The van der Waals surface area contributed by atoms with Gasteiger partial charge in [0.2, 0.25) is 0 Å². The van der Waals surface area contributed by atoms with E-state index >= 15 is 0 Å². The van der Waals surface area contributed by atoms with Crippen molar-refractivity contribution in [1.29, 1.82) is 0 Å². The Kier molecular flexibility index (Phi) is 5.71. The molecule has 5 rings (SSSR count). The maximum absolute atomic E-state index is 13.2.